The van der Waals surface area contributed by atoms with Gasteiger partial charge in [0.25, 0.3) is 0 Å². The third kappa shape index (κ3) is 12.0. The van der Waals surface area contributed by atoms with Crippen LogP contribution in [0.3, 0.4) is 0 Å². The van der Waals surface area contributed by atoms with Gasteiger partial charge in [-0.25, -0.2) is 0 Å². The third-order valence-corrected chi connectivity index (χ3v) is 2.53. The predicted octanol–water partition coefficient (Wildman–Crippen LogP) is 5.32. The molecule has 0 saturated carbocycles. The molecular formula is C13H28. The largest absolute Gasteiger partial charge is 0.0654 e. The second-order valence-electron chi connectivity index (χ2n) is 3.93. The van der Waals surface area contributed by atoms with E-state index in [0.29, 0.717) is 6.42 Å². The van der Waals surface area contributed by atoms with Gasteiger partial charge in [-0.1, -0.05) is 84.4 Å². The fraction of sp³-hybridized carbons (Fsp3) is 1.00. The van der Waals surface area contributed by atoms with Crippen molar-refractivity contribution in [3.8, 4) is 0 Å². The van der Waals surface area contributed by atoms with Crippen LogP contribution in [0, 0.1) is 0 Å². The fourth-order valence-corrected chi connectivity index (χ4v) is 1.61. The molecule has 0 heteroatoms. The third-order valence-electron chi connectivity index (χ3n) is 2.53. The first-order valence-electron chi connectivity index (χ1n) is 7.56. The van der Waals surface area contributed by atoms with Crippen molar-refractivity contribution in [1.29, 1.82) is 0 Å². The van der Waals surface area contributed by atoms with E-state index in [4.69, 9.17) is 4.11 Å². The van der Waals surface area contributed by atoms with Gasteiger partial charge in [0.05, 0.1) is 0 Å². The highest BCUT2D eigenvalue weighted by Gasteiger charge is 1.90. The molecule has 0 radical (unpaired) electrons. The minimum atomic E-state index is -1.71. The van der Waals surface area contributed by atoms with Crippen molar-refractivity contribution in [2.75, 3.05) is 0 Å². The Morgan fingerprint density at radius 3 is 1.38 bits per heavy atom. The van der Waals surface area contributed by atoms with Gasteiger partial charge in [-0.15, -0.1) is 0 Å². The first-order chi connectivity index (χ1) is 7.56. The molecule has 0 fully saturated rings. The standard InChI is InChI=1S/C13H28/c1-3-5-7-9-11-13-12-10-8-6-4-2/h3-13H2,1-2H3/i1D3. The minimum Gasteiger partial charge on any atom is -0.0654 e. The van der Waals surface area contributed by atoms with Gasteiger partial charge < -0.3 is 0 Å². The van der Waals surface area contributed by atoms with E-state index in [9.17, 15) is 0 Å². The van der Waals surface area contributed by atoms with Crippen LogP contribution in [0.15, 0.2) is 0 Å². The fourth-order valence-electron chi connectivity index (χ4n) is 1.61. The monoisotopic (exact) mass is 187 g/mol. The van der Waals surface area contributed by atoms with Gasteiger partial charge in [-0.05, 0) is 0 Å². The lowest BCUT2D eigenvalue weighted by Gasteiger charge is -2.00. The van der Waals surface area contributed by atoms with Gasteiger partial charge in [-0.3, -0.25) is 0 Å². The van der Waals surface area contributed by atoms with Crippen LogP contribution in [0.4, 0.5) is 0 Å². The lowest BCUT2D eigenvalue weighted by Crippen LogP contribution is -1.80. The van der Waals surface area contributed by atoms with Gasteiger partial charge >= 0.3 is 0 Å². The molecule has 0 saturated heterocycles. The predicted molar refractivity (Wildman–Crippen MR) is 62.1 cm³/mol. The molecule has 0 aliphatic rings. The summed E-state index contributed by atoms with van der Waals surface area (Å²) in [5, 5.41) is 0. The number of rotatable bonds is 10. The van der Waals surface area contributed by atoms with Crippen molar-refractivity contribution in [2.45, 2.75) is 84.4 Å². The SMILES string of the molecule is [2H]C([2H])([2H])CCCCCCCCCCCC. The smallest absolute Gasteiger partial charge is 0.0230 e. The average Bonchev–Trinajstić information content (AvgIpc) is 2.19. The molecule has 0 heterocycles. The number of unbranched alkanes of at least 4 members (excludes halogenated alkanes) is 9. The van der Waals surface area contributed by atoms with Crippen LogP contribution < -0.4 is 0 Å². The van der Waals surface area contributed by atoms with Crippen LogP contribution in [-0.4, -0.2) is 0 Å². The van der Waals surface area contributed by atoms with Crippen LogP contribution >= 0.6 is 0 Å². The number of hydrogen-bond acceptors (Lipinski definition) is 0. The molecule has 0 aromatic carbocycles. The van der Waals surface area contributed by atoms with E-state index in [0.717, 1.165) is 12.8 Å². The van der Waals surface area contributed by atoms with Crippen molar-refractivity contribution in [3.05, 3.63) is 0 Å². The number of hydrogen-bond donors (Lipinski definition) is 0. The van der Waals surface area contributed by atoms with Crippen LogP contribution in [0.25, 0.3) is 0 Å². The van der Waals surface area contributed by atoms with E-state index in [2.05, 4.69) is 6.92 Å². The Morgan fingerprint density at radius 1 is 0.615 bits per heavy atom. The zero-order valence-electron chi connectivity index (χ0n) is 12.3. The first-order valence-corrected chi connectivity index (χ1v) is 6.06. The topological polar surface area (TPSA) is 0 Å². The van der Waals surface area contributed by atoms with Crippen LogP contribution in [0.1, 0.15) is 88.5 Å². The van der Waals surface area contributed by atoms with Crippen molar-refractivity contribution < 1.29 is 4.11 Å². The van der Waals surface area contributed by atoms with E-state index in [1.165, 1.54) is 51.4 Å². The highest BCUT2D eigenvalue weighted by Crippen LogP contribution is 2.10. The van der Waals surface area contributed by atoms with Crippen molar-refractivity contribution in [2.24, 2.45) is 0 Å². The molecule has 80 valence electrons. The van der Waals surface area contributed by atoms with E-state index in [1.54, 1.807) is 0 Å². The summed E-state index contributed by atoms with van der Waals surface area (Å²) in [6.07, 6.45) is 13.0. The molecule has 0 unspecified atom stereocenters. The van der Waals surface area contributed by atoms with Crippen molar-refractivity contribution >= 4 is 0 Å². The molecule has 0 N–H and O–H groups in total. The molecule has 0 atom stereocenters. The van der Waals surface area contributed by atoms with Crippen LogP contribution in [0.2, 0.25) is 0 Å². The second kappa shape index (κ2) is 12.0. The highest BCUT2D eigenvalue weighted by atomic mass is 14.0. The van der Waals surface area contributed by atoms with Gasteiger partial charge in [0.2, 0.25) is 0 Å². The minimum absolute atomic E-state index is 0.392. The molecule has 13 heavy (non-hydrogen) atoms. The van der Waals surface area contributed by atoms with Crippen molar-refractivity contribution in [3.63, 3.8) is 0 Å². The zero-order chi connectivity index (χ0) is 12.3. The highest BCUT2D eigenvalue weighted by molar-refractivity contribution is 4.46. The Balaban J connectivity index is 2.99. The molecular weight excluding hydrogens is 156 g/mol. The molecule has 0 nitrogen and oxygen atoms in total. The van der Waals surface area contributed by atoms with Gasteiger partial charge in [0.15, 0.2) is 0 Å². The summed E-state index contributed by atoms with van der Waals surface area (Å²) in [6.45, 7) is 0.533. The lowest BCUT2D eigenvalue weighted by atomic mass is 10.1. The summed E-state index contributed by atoms with van der Waals surface area (Å²) in [7, 11) is 0. The molecule has 0 rings (SSSR count). The molecule has 0 amide bonds. The van der Waals surface area contributed by atoms with E-state index >= 15 is 0 Å². The summed E-state index contributed by atoms with van der Waals surface area (Å²) < 4.78 is 21.2. The summed E-state index contributed by atoms with van der Waals surface area (Å²) >= 11 is 0. The van der Waals surface area contributed by atoms with Gasteiger partial charge in [-0.2, -0.15) is 0 Å². The van der Waals surface area contributed by atoms with Gasteiger partial charge in [0.1, 0.15) is 0 Å². The average molecular weight is 187 g/mol. The maximum Gasteiger partial charge on any atom is 0.0230 e. The van der Waals surface area contributed by atoms with E-state index < -0.39 is 6.85 Å². The summed E-state index contributed by atoms with van der Waals surface area (Å²) in [5.74, 6) is 0. The Kier molecular flexibility index (Phi) is 7.68. The van der Waals surface area contributed by atoms with Gasteiger partial charge in [0, 0.05) is 4.11 Å². The lowest BCUT2D eigenvalue weighted by molar-refractivity contribution is 0.554. The quantitative estimate of drug-likeness (QED) is 0.406. The molecule has 0 bridgehead atoms. The maximum absolute atomic E-state index is 7.08. The Bertz CT molecular complexity index is 141. The Hall–Kier alpha value is 0. The Morgan fingerprint density at radius 2 is 1.00 bits per heavy atom. The molecule has 0 aromatic heterocycles. The van der Waals surface area contributed by atoms with E-state index in [-0.39, 0.29) is 0 Å². The zero-order valence-corrected chi connectivity index (χ0v) is 9.28. The normalized spacial score (nSPS) is 15.0. The molecule has 0 aliphatic heterocycles. The molecule has 0 aromatic rings. The molecule has 0 spiro atoms. The maximum atomic E-state index is 7.08. The second-order valence-corrected chi connectivity index (χ2v) is 3.93. The van der Waals surface area contributed by atoms with E-state index in [1.807, 2.05) is 0 Å². The van der Waals surface area contributed by atoms with Crippen LogP contribution in [0.5, 0.6) is 0 Å². The first kappa shape index (κ1) is 8.32. The van der Waals surface area contributed by atoms with Crippen LogP contribution in [-0.2, 0) is 0 Å². The Labute approximate surface area is 89.3 Å². The molecule has 0 aliphatic carbocycles. The summed E-state index contributed by atoms with van der Waals surface area (Å²) in [5.41, 5.74) is 0. The summed E-state index contributed by atoms with van der Waals surface area (Å²) in [4.78, 5) is 0. The summed E-state index contributed by atoms with van der Waals surface area (Å²) in [6, 6.07) is 0. The van der Waals surface area contributed by atoms with Crippen molar-refractivity contribution in [1.82, 2.24) is 0 Å².